The van der Waals surface area contributed by atoms with Gasteiger partial charge in [-0.15, -0.1) is 0 Å². The number of hydrogen-bond acceptors (Lipinski definition) is 2. The molecule has 1 saturated carbocycles. The van der Waals surface area contributed by atoms with Crippen LogP contribution in [0.3, 0.4) is 0 Å². The van der Waals surface area contributed by atoms with Gasteiger partial charge in [0.05, 0.1) is 5.92 Å². The van der Waals surface area contributed by atoms with Gasteiger partial charge in [0.2, 0.25) is 0 Å². The molecule has 0 spiro atoms. The Labute approximate surface area is 73.2 Å². The minimum Gasteiger partial charge on any atom is -0.481 e. The van der Waals surface area contributed by atoms with Gasteiger partial charge in [-0.3, -0.25) is 4.79 Å². The fourth-order valence-electron chi connectivity index (χ4n) is 1.48. The van der Waals surface area contributed by atoms with Crippen molar-refractivity contribution in [1.29, 1.82) is 0 Å². The Morgan fingerprint density at radius 1 is 1.67 bits per heavy atom. The quantitative estimate of drug-likeness (QED) is 0.669. The molecule has 0 aliphatic heterocycles. The third-order valence-corrected chi connectivity index (χ3v) is 2.70. The summed E-state index contributed by atoms with van der Waals surface area (Å²) in [5.74, 6) is -0.791. The third-order valence-electron chi connectivity index (χ3n) is 2.70. The summed E-state index contributed by atoms with van der Waals surface area (Å²) >= 11 is 0. The second-order valence-electron chi connectivity index (χ2n) is 3.60. The van der Waals surface area contributed by atoms with Crippen molar-refractivity contribution in [2.45, 2.75) is 45.2 Å². The van der Waals surface area contributed by atoms with Crippen LogP contribution in [0.25, 0.3) is 0 Å². The first-order valence-electron chi connectivity index (χ1n) is 4.64. The van der Waals surface area contributed by atoms with Crippen LogP contribution < -0.4 is 5.32 Å². The van der Waals surface area contributed by atoms with Gasteiger partial charge < -0.3 is 10.4 Å². The van der Waals surface area contributed by atoms with Crippen LogP contribution in [0.15, 0.2) is 0 Å². The second-order valence-corrected chi connectivity index (χ2v) is 3.60. The number of carboxylic acid groups (broad SMARTS) is 1. The average Bonchev–Trinajstić information content (AvgIpc) is 1.96. The van der Waals surface area contributed by atoms with E-state index in [4.69, 9.17) is 5.11 Å². The van der Waals surface area contributed by atoms with Crippen LogP contribution in [-0.2, 0) is 4.79 Å². The first-order valence-corrected chi connectivity index (χ1v) is 4.64. The molecule has 3 atom stereocenters. The van der Waals surface area contributed by atoms with E-state index >= 15 is 0 Å². The first-order chi connectivity index (χ1) is 5.65. The van der Waals surface area contributed by atoms with E-state index in [0.29, 0.717) is 6.04 Å². The van der Waals surface area contributed by atoms with E-state index in [1.165, 1.54) is 0 Å². The van der Waals surface area contributed by atoms with Crippen molar-refractivity contribution in [2.75, 3.05) is 0 Å². The molecule has 2 N–H and O–H groups in total. The highest BCUT2D eigenvalue weighted by atomic mass is 16.4. The second kappa shape index (κ2) is 3.90. The summed E-state index contributed by atoms with van der Waals surface area (Å²) in [7, 11) is 0. The summed E-state index contributed by atoms with van der Waals surface area (Å²) in [6.45, 7) is 4.20. The van der Waals surface area contributed by atoms with Crippen molar-refractivity contribution in [3.05, 3.63) is 0 Å². The SMILES string of the molecule is CCC(C)NC1CCC1C(=O)O. The molecule has 1 aliphatic carbocycles. The monoisotopic (exact) mass is 171 g/mol. The van der Waals surface area contributed by atoms with Crippen LogP contribution in [0.2, 0.25) is 0 Å². The molecule has 0 amide bonds. The molecule has 3 unspecified atom stereocenters. The van der Waals surface area contributed by atoms with E-state index in [-0.39, 0.29) is 12.0 Å². The first kappa shape index (κ1) is 9.52. The summed E-state index contributed by atoms with van der Waals surface area (Å²) < 4.78 is 0. The van der Waals surface area contributed by atoms with E-state index in [1.807, 2.05) is 0 Å². The highest BCUT2D eigenvalue weighted by Gasteiger charge is 2.36. The van der Waals surface area contributed by atoms with Crippen molar-refractivity contribution in [1.82, 2.24) is 5.32 Å². The highest BCUT2D eigenvalue weighted by Crippen LogP contribution is 2.27. The summed E-state index contributed by atoms with van der Waals surface area (Å²) in [5.41, 5.74) is 0. The van der Waals surface area contributed by atoms with Crippen LogP contribution >= 0.6 is 0 Å². The molecule has 3 nitrogen and oxygen atoms in total. The molecular formula is C9H17NO2. The molecule has 0 bridgehead atoms. The van der Waals surface area contributed by atoms with Crippen LogP contribution in [-0.4, -0.2) is 23.2 Å². The van der Waals surface area contributed by atoms with Gasteiger partial charge in [0.25, 0.3) is 0 Å². The van der Waals surface area contributed by atoms with Gasteiger partial charge in [-0.25, -0.2) is 0 Å². The van der Waals surface area contributed by atoms with Gasteiger partial charge in [-0.2, -0.15) is 0 Å². The van der Waals surface area contributed by atoms with Gasteiger partial charge in [0.1, 0.15) is 0 Å². The summed E-state index contributed by atoms with van der Waals surface area (Å²) in [6.07, 6.45) is 2.91. The molecule has 70 valence electrons. The number of aliphatic carboxylic acids is 1. The molecule has 0 aromatic carbocycles. The Hall–Kier alpha value is -0.570. The van der Waals surface area contributed by atoms with Gasteiger partial charge in [0, 0.05) is 12.1 Å². The minimum atomic E-state index is -0.651. The zero-order valence-corrected chi connectivity index (χ0v) is 7.71. The largest absolute Gasteiger partial charge is 0.481 e. The Morgan fingerprint density at radius 3 is 2.67 bits per heavy atom. The lowest BCUT2D eigenvalue weighted by atomic mass is 9.79. The predicted molar refractivity (Wildman–Crippen MR) is 47.0 cm³/mol. The molecule has 0 heterocycles. The van der Waals surface area contributed by atoms with E-state index < -0.39 is 5.97 Å². The maximum Gasteiger partial charge on any atom is 0.308 e. The van der Waals surface area contributed by atoms with Gasteiger partial charge in [-0.05, 0) is 26.2 Å². The third kappa shape index (κ3) is 1.97. The molecule has 0 radical (unpaired) electrons. The van der Waals surface area contributed by atoms with Crippen molar-refractivity contribution in [3.8, 4) is 0 Å². The van der Waals surface area contributed by atoms with Crippen LogP contribution in [0.4, 0.5) is 0 Å². The molecular weight excluding hydrogens is 154 g/mol. The molecule has 12 heavy (non-hydrogen) atoms. The molecule has 1 rings (SSSR count). The molecule has 3 heteroatoms. The predicted octanol–water partition coefficient (Wildman–Crippen LogP) is 1.24. The van der Waals surface area contributed by atoms with Crippen molar-refractivity contribution < 1.29 is 9.90 Å². The van der Waals surface area contributed by atoms with E-state index in [0.717, 1.165) is 19.3 Å². The molecule has 0 saturated heterocycles. The van der Waals surface area contributed by atoms with E-state index in [1.54, 1.807) is 0 Å². The Morgan fingerprint density at radius 2 is 2.33 bits per heavy atom. The summed E-state index contributed by atoms with van der Waals surface area (Å²) in [6, 6.07) is 0.662. The maximum atomic E-state index is 10.6. The lowest BCUT2D eigenvalue weighted by molar-refractivity contribution is -0.146. The highest BCUT2D eigenvalue weighted by molar-refractivity contribution is 5.72. The number of carbonyl (C=O) groups is 1. The standard InChI is InChI=1S/C9H17NO2/c1-3-6(2)10-8-5-4-7(8)9(11)12/h6-8,10H,3-5H2,1-2H3,(H,11,12). The number of hydrogen-bond donors (Lipinski definition) is 2. The maximum absolute atomic E-state index is 10.6. The minimum absolute atomic E-state index is 0.140. The lowest BCUT2D eigenvalue weighted by Crippen LogP contribution is -2.50. The summed E-state index contributed by atoms with van der Waals surface area (Å²) in [4.78, 5) is 10.6. The van der Waals surface area contributed by atoms with Gasteiger partial charge in [-0.1, -0.05) is 6.92 Å². The molecule has 1 fully saturated rings. The van der Waals surface area contributed by atoms with Crippen LogP contribution in [0.1, 0.15) is 33.1 Å². The Bertz CT molecular complexity index is 170. The van der Waals surface area contributed by atoms with Crippen LogP contribution in [0, 0.1) is 5.92 Å². The molecule has 0 aromatic rings. The van der Waals surface area contributed by atoms with Crippen molar-refractivity contribution in [2.24, 2.45) is 5.92 Å². The molecule has 0 aromatic heterocycles. The zero-order chi connectivity index (χ0) is 9.14. The van der Waals surface area contributed by atoms with Crippen molar-refractivity contribution >= 4 is 5.97 Å². The van der Waals surface area contributed by atoms with E-state index in [2.05, 4.69) is 19.2 Å². The number of carboxylic acids is 1. The van der Waals surface area contributed by atoms with Gasteiger partial charge >= 0.3 is 5.97 Å². The topological polar surface area (TPSA) is 49.3 Å². The number of rotatable bonds is 4. The molecule has 1 aliphatic rings. The van der Waals surface area contributed by atoms with E-state index in [9.17, 15) is 4.79 Å². The fourth-order valence-corrected chi connectivity index (χ4v) is 1.48. The smallest absolute Gasteiger partial charge is 0.308 e. The Balaban J connectivity index is 2.29. The van der Waals surface area contributed by atoms with Gasteiger partial charge in [0.15, 0.2) is 0 Å². The lowest BCUT2D eigenvalue weighted by Gasteiger charge is -2.36. The summed E-state index contributed by atoms with van der Waals surface area (Å²) in [5, 5.41) is 12.1. The average molecular weight is 171 g/mol. The fraction of sp³-hybridized carbons (Fsp3) is 0.889. The van der Waals surface area contributed by atoms with Crippen molar-refractivity contribution in [3.63, 3.8) is 0 Å². The normalized spacial score (nSPS) is 30.8. The Kier molecular flexibility index (Phi) is 3.09. The zero-order valence-electron chi connectivity index (χ0n) is 7.71. The van der Waals surface area contributed by atoms with Crippen LogP contribution in [0.5, 0.6) is 0 Å². The number of nitrogens with one attached hydrogen (secondary N) is 1.